The van der Waals surface area contributed by atoms with Gasteiger partial charge in [0.15, 0.2) is 0 Å². The van der Waals surface area contributed by atoms with E-state index in [4.69, 9.17) is 28.3 Å². The Morgan fingerprint density at radius 3 is 2.61 bits per heavy atom. The standard InChI is InChI=1S/C13H11Cl2NO2/c1-2-16-11(5-6-12(16)13(17)18)9-7-8(14)3-4-10(9)15/h3-7H,2H2,1H3,(H,17,18). The molecule has 1 aromatic heterocycles. The van der Waals surface area contributed by atoms with Gasteiger partial charge in [-0.1, -0.05) is 23.2 Å². The van der Waals surface area contributed by atoms with Crippen molar-refractivity contribution in [3.63, 3.8) is 0 Å². The van der Waals surface area contributed by atoms with E-state index in [1.807, 2.05) is 6.92 Å². The largest absolute Gasteiger partial charge is 0.477 e. The SMILES string of the molecule is CCn1c(C(=O)O)ccc1-c1cc(Cl)ccc1Cl. The predicted octanol–water partition coefficient (Wildman–Crippen LogP) is 4.18. The fraction of sp³-hybridized carbons (Fsp3) is 0.154. The molecule has 2 aromatic rings. The first-order valence-corrected chi connectivity index (χ1v) is 6.18. The van der Waals surface area contributed by atoms with E-state index in [1.54, 1.807) is 34.9 Å². The molecule has 0 bridgehead atoms. The van der Waals surface area contributed by atoms with Crippen molar-refractivity contribution in [3.8, 4) is 11.3 Å². The number of aromatic carboxylic acids is 1. The van der Waals surface area contributed by atoms with Gasteiger partial charge in [0.2, 0.25) is 0 Å². The fourth-order valence-corrected chi connectivity index (χ4v) is 2.31. The molecule has 1 N–H and O–H groups in total. The van der Waals surface area contributed by atoms with Crippen LogP contribution in [-0.4, -0.2) is 15.6 Å². The predicted molar refractivity (Wildman–Crippen MR) is 72.5 cm³/mol. The van der Waals surface area contributed by atoms with Gasteiger partial charge in [-0.2, -0.15) is 0 Å². The minimum Gasteiger partial charge on any atom is -0.477 e. The van der Waals surface area contributed by atoms with Gasteiger partial charge in [-0.15, -0.1) is 0 Å². The number of nitrogens with zero attached hydrogens (tertiary/aromatic N) is 1. The second kappa shape index (κ2) is 5.04. The molecule has 0 atom stereocenters. The van der Waals surface area contributed by atoms with Crippen LogP contribution in [0.4, 0.5) is 0 Å². The van der Waals surface area contributed by atoms with E-state index < -0.39 is 5.97 Å². The summed E-state index contributed by atoms with van der Waals surface area (Å²) in [5.74, 6) is -0.957. The lowest BCUT2D eigenvalue weighted by atomic mass is 10.1. The molecule has 3 nitrogen and oxygen atoms in total. The van der Waals surface area contributed by atoms with Crippen LogP contribution in [0.3, 0.4) is 0 Å². The van der Waals surface area contributed by atoms with Gasteiger partial charge >= 0.3 is 5.97 Å². The zero-order chi connectivity index (χ0) is 13.3. The zero-order valence-electron chi connectivity index (χ0n) is 9.65. The molecule has 18 heavy (non-hydrogen) atoms. The molecular formula is C13H11Cl2NO2. The van der Waals surface area contributed by atoms with Crippen molar-refractivity contribution in [1.82, 2.24) is 4.57 Å². The van der Waals surface area contributed by atoms with E-state index in [-0.39, 0.29) is 5.69 Å². The van der Waals surface area contributed by atoms with E-state index in [0.717, 1.165) is 11.3 Å². The van der Waals surface area contributed by atoms with E-state index >= 15 is 0 Å². The van der Waals surface area contributed by atoms with Gasteiger partial charge in [-0.25, -0.2) is 4.79 Å². The molecule has 0 fully saturated rings. The highest BCUT2D eigenvalue weighted by atomic mass is 35.5. The Bertz CT molecular complexity index is 605. The summed E-state index contributed by atoms with van der Waals surface area (Å²) < 4.78 is 1.69. The molecule has 0 saturated carbocycles. The molecule has 0 aliphatic carbocycles. The van der Waals surface area contributed by atoms with Crippen LogP contribution in [0.2, 0.25) is 10.0 Å². The van der Waals surface area contributed by atoms with Crippen LogP contribution < -0.4 is 0 Å². The lowest BCUT2D eigenvalue weighted by Gasteiger charge is -2.10. The number of aromatic nitrogens is 1. The molecule has 0 amide bonds. The fourth-order valence-electron chi connectivity index (χ4n) is 1.92. The number of hydrogen-bond donors (Lipinski definition) is 1. The molecule has 2 rings (SSSR count). The molecule has 0 radical (unpaired) electrons. The van der Waals surface area contributed by atoms with E-state index in [9.17, 15) is 4.79 Å². The van der Waals surface area contributed by atoms with Crippen LogP contribution in [0, 0.1) is 0 Å². The van der Waals surface area contributed by atoms with Gasteiger partial charge in [0.25, 0.3) is 0 Å². The summed E-state index contributed by atoms with van der Waals surface area (Å²) in [6, 6.07) is 8.44. The van der Waals surface area contributed by atoms with E-state index in [2.05, 4.69) is 0 Å². The molecule has 0 saturated heterocycles. The molecule has 0 aliphatic rings. The number of halogens is 2. The van der Waals surface area contributed by atoms with Crippen molar-refractivity contribution < 1.29 is 9.90 Å². The van der Waals surface area contributed by atoms with Gasteiger partial charge in [0.05, 0.1) is 5.69 Å². The normalized spacial score (nSPS) is 10.6. The summed E-state index contributed by atoms with van der Waals surface area (Å²) in [5.41, 5.74) is 1.73. The summed E-state index contributed by atoms with van der Waals surface area (Å²) in [6.07, 6.45) is 0. The Morgan fingerprint density at radius 2 is 2.00 bits per heavy atom. The summed E-state index contributed by atoms with van der Waals surface area (Å²) in [4.78, 5) is 11.1. The third kappa shape index (κ3) is 2.24. The van der Waals surface area contributed by atoms with E-state index in [0.29, 0.717) is 16.6 Å². The Kier molecular flexibility index (Phi) is 3.64. The Morgan fingerprint density at radius 1 is 1.28 bits per heavy atom. The Labute approximate surface area is 115 Å². The third-order valence-corrected chi connectivity index (χ3v) is 3.29. The average molecular weight is 284 g/mol. The smallest absolute Gasteiger partial charge is 0.352 e. The number of carbonyl (C=O) groups is 1. The number of rotatable bonds is 3. The second-order valence-corrected chi connectivity index (χ2v) is 4.62. The maximum absolute atomic E-state index is 11.1. The molecule has 94 valence electrons. The zero-order valence-corrected chi connectivity index (χ0v) is 11.2. The van der Waals surface area contributed by atoms with Gasteiger partial charge < -0.3 is 9.67 Å². The van der Waals surface area contributed by atoms with Crippen LogP contribution in [0.25, 0.3) is 11.3 Å². The van der Waals surface area contributed by atoms with Crippen LogP contribution in [0.15, 0.2) is 30.3 Å². The van der Waals surface area contributed by atoms with Gasteiger partial charge in [0.1, 0.15) is 5.69 Å². The van der Waals surface area contributed by atoms with Crippen molar-refractivity contribution in [1.29, 1.82) is 0 Å². The number of benzene rings is 1. The number of hydrogen-bond acceptors (Lipinski definition) is 1. The molecular weight excluding hydrogens is 273 g/mol. The first-order valence-electron chi connectivity index (χ1n) is 5.42. The molecule has 0 unspecified atom stereocenters. The lowest BCUT2D eigenvalue weighted by molar-refractivity contribution is 0.0685. The average Bonchev–Trinajstić information content (AvgIpc) is 2.75. The van der Waals surface area contributed by atoms with E-state index in [1.165, 1.54) is 0 Å². The lowest BCUT2D eigenvalue weighted by Crippen LogP contribution is -2.08. The minimum atomic E-state index is -0.957. The maximum atomic E-state index is 11.1. The summed E-state index contributed by atoms with van der Waals surface area (Å²) in [5, 5.41) is 10.2. The number of carboxylic acid groups (broad SMARTS) is 1. The summed E-state index contributed by atoms with van der Waals surface area (Å²) in [7, 11) is 0. The third-order valence-electron chi connectivity index (χ3n) is 2.72. The monoisotopic (exact) mass is 283 g/mol. The quantitative estimate of drug-likeness (QED) is 0.918. The highest BCUT2D eigenvalue weighted by molar-refractivity contribution is 6.35. The molecule has 5 heteroatoms. The maximum Gasteiger partial charge on any atom is 0.352 e. The molecule has 0 spiro atoms. The first kappa shape index (κ1) is 13.0. The highest BCUT2D eigenvalue weighted by Crippen LogP contribution is 2.32. The highest BCUT2D eigenvalue weighted by Gasteiger charge is 2.15. The van der Waals surface area contributed by atoms with Crippen LogP contribution in [0.1, 0.15) is 17.4 Å². The Hall–Kier alpha value is -1.45. The van der Waals surface area contributed by atoms with Crippen molar-refractivity contribution in [2.75, 3.05) is 0 Å². The van der Waals surface area contributed by atoms with Crippen LogP contribution >= 0.6 is 23.2 Å². The van der Waals surface area contributed by atoms with Crippen molar-refractivity contribution in [2.24, 2.45) is 0 Å². The van der Waals surface area contributed by atoms with Crippen LogP contribution in [-0.2, 0) is 6.54 Å². The summed E-state index contributed by atoms with van der Waals surface area (Å²) in [6.45, 7) is 2.43. The van der Waals surface area contributed by atoms with Gasteiger partial charge in [-0.3, -0.25) is 0 Å². The van der Waals surface area contributed by atoms with Crippen LogP contribution in [0.5, 0.6) is 0 Å². The van der Waals surface area contributed by atoms with Gasteiger partial charge in [-0.05, 0) is 37.3 Å². The summed E-state index contributed by atoms with van der Waals surface area (Å²) >= 11 is 12.1. The molecule has 0 aliphatic heterocycles. The molecule has 1 heterocycles. The van der Waals surface area contributed by atoms with Crippen molar-refractivity contribution in [3.05, 3.63) is 46.1 Å². The van der Waals surface area contributed by atoms with Crippen molar-refractivity contribution >= 4 is 29.2 Å². The topological polar surface area (TPSA) is 42.2 Å². The van der Waals surface area contributed by atoms with Crippen molar-refractivity contribution in [2.45, 2.75) is 13.5 Å². The first-order chi connectivity index (χ1) is 8.54. The number of carboxylic acids is 1. The minimum absolute atomic E-state index is 0.239. The molecule has 1 aromatic carbocycles. The second-order valence-electron chi connectivity index (χ2n) is 3.78. The Balaban J connectivity index is 2.64. The van der Waals surface area contributed by atoms with Gasteiger partial charge in [0, 0.05) is 22.2 Å².